The quantitative estimate of drug-likeness (QED) is 0.807. The van der Waals surface area contributed by atoms with E-state index in [2.05, 4.69) is 9.64 Å². The topological polar surface area (TPSA) is 52.9 Å². The average Bonchev–Trinajstić information content (AvgIpc) is 2.60. The molecular weight excluding hydrogens is 359 g/mol. The van der Waals surface area contributed by atoms with Gasteiger partial charge in [-0.05, 0) is 43.4 Å². The van der Waals surface area contributed by atoms with Crippen LogP contribution in [0.25, 0.3) is 0 Å². The van der Waals surface area contributed by atoms with Crippen LogP contribution in [0.2, 0.25) is 0 Å². The fourth-order valence-electron chi connectivity index (χ4n) is 4.39. The first kappa shape index (κ1) is 20.4. The summed E-state index contributed by atoms with van der Waals surface area (Å²) in [5.74, 6) is -0.539. The zero-order valence-corrected chi connectivity index (χ0v) is 15.4. The highest BCUT2D eigenvalue weighted by molar-refractivity contribution is 5.33. The molecule has 27 heavy (non-hydrogen) atoms. The van der Waals surface area contributed by atoms with Crippen molar-refractivity contribution in [3.05, 3.63) is 29.8 Å². The summed E-state index contributed by atoms with van der Waals surface area (Å²) in [5, 5.41) is 21.1. The van der Waals surface area contributed by atoms with E-state index in [-0.39, 0.29) is 17.8 Å². The second kappa shape index (κ2) is 8.37. The third-order valence-electron chi connectivity index (χ3n) is 5.86. The van der Waals surface area contributed by atoms with Gasteiger partial charge in [0.25, 0.3) is 0 Å². The van der Waals surface area contributed by atoms with Crippen LogP contribution < -0.4 is 4.74 Å². The Kier molecular flexibility index (Phi) is 6.33. The Hall–Kier alpha value is -1.31. The van der Waals surface area contributed by atoms with Gasteiger partial charge in [0.1, 0.15) is 5.75 Å². The van der Waals surface area contributed by atoms with Crippen molar-refractivity contribution >= 4 is 0 Å². The fraction of sp³-hybridized carbons (Fsp3) is 0.700. The molecule has 152 valence electrons. The summed E-state index contributed by atoms with van der Waals surface area (Å²) < 4.78 is 41.9. The Bertz CT molecular complexity index is 609. The van der Waals surface area contributed by atoms with Crippen molar-refractivity contribution in [2.75, 3.05) is 19.6 Å². The lowest BCUT2D eigenvalue weighted by Gasteiger charge is -2.43. The molecule has 0 bridgehead atoms. The van der Waals surface area contributed by atoms with Crippen LogP contribution in [0, 0.1) is 0 Å². The van der Waals surface area contributed by atoms with Gasteiger partial charge >= 0.3 is 6.36 Å². The van der Waals surface area contributed by atoms with E-state index in [0.29, 0.717) is 37.8 Å². The van der Waals surface area contributed by atoms with E-state index >= 15 is 0 Å². The SMILES string of the molecule is OC1CCN(CC(c2cccc(OC(F)(F)F)c2)C2(O)CCCCC2)CC1. The van der Waals surface area contributed by atoms with Crippen LogP contribution in [-0.2, 0) is 0 Å². The normalized spacial score (nSPS) is 23.1. The van der Waals surface area contributed by atoms with Gasteiger partial charge in [-0.3, -0.25) is 0 Å². The maximum Gasteiger partial charge on any atom is 0.573 e. The first-order chi connectivity index (χ1) is 12.8. The number of ether oxygens (including phenoxy) is 1. The number of hydrogen-bond donors (Lipinski definition) is 2. The number of halogens is 3. The van der Waals surface area contributed by atoms with Gasteiger partial charge in [0.05, 0.1) is 11.7 Å². The van der Waals surface area contributed by atoms with Crippen LogP contribution in [0.5, 0.6) is 5.75 Å². The maximum atomic E-state index is 12.6. The molecule has 3 rings (SSSR count). The molecule has 2 N–H and O–H groups in total. The molecule has 0 radical (unpaired) electrons. The van der Waals surface area contributed by atoms with E-state index in [1.165, 1.54) is 12.1 Å². The Morgan fingerprint density at radius 1 is 1.15 bits per heavy atom. The van der Waals surface area contributed by atoms with Crippen LogP contribution >= 0.6 is 0 Å². The van der Waals surface area contributed by atoms with Crippen LogP contribution in [0.15, 0.2) is 24.3 Å². The fourth-order valence-corrected chi connectivity index (χ4v) is 4.39. The lowest BCUT2D eigenvalue weighted by Crippen LogP contribution is -2.46. The molecule has 2 fully saturated rings. The third-order valence-corrected chi connectivity index (χ3v) is 5.86. The molecule has 1 aromatic rings. The molecule has 1 saturated carbocycles. The summed E-state index contributed by atoms with van der Waals surface area (Å²) in [6.45, 7) is 2.03. The van der Waals surface area contributed by atoms with Gasteiger partial charge in [-0.15, -0.1) is 13.2 Å². The molecular formula is C20H28F3NO3. The Morgan fingerprint density at radius 2 is 1.81 bits per heavy atom. The summed E-state index contributed by atoms with van der Waals surface area (Å²) in [6, 6.07) is 6.02. The van der Waals surface area contributed by atoms with Gasteiger partial charge in [-0.1, -0.05) is 31.4 Å². The first-order valence-electron chi connectivity index (χ1n) is 9.74. The third kappa shape index (κ3) is 5.59. The molecule has 1 atom stereocenters. The molecule has 0 amide bonds. The predicted molar refractivity (Wildman–Crippen MR) is 95.6 cm³/mol. The van der Waals surface area contributed by atoms with Crippen molar-refractivity contribution in [2.24, 2.45) is 0 Å². The number of alkyl halides is 3. The molecule has 1 aliphatic heterocycles. The van der Waals surface area contributed by atoms with Gasteiger partial charge in [-0.25, -0.2) is 0 Å². The van der Waals surface area contributed by atoms with Crippen molar-refractivity contribution in [3.8, 4) is 5.75 Å². The van der Waals surface area contributed by atoms with Gasteiger partial charge in [0.2, 0.25) is 0 Å². The van der Waals surface area contributed by atoms with E-state index in [0.717, 1.165) is 32.4 Å². The van der Waals surface area contributed by atoms with Crippen molar-refractivity contribution in [1.82, 2.24) is 4.90 Å². The maximum absolute atomic E-state index is 12.6. The zero-order valence-electron chi connectivity index (χ0n) is 15.4. The number of aliphatic hydroxyl groups is 2. The van der Waals surface area contributed by atoms with Crippen LogP contribution in [-0.4, -0.2) is 52.8 Å². The van der Waals surface area contributed by atoms with E-state index in [1.54, 1.807) is 12.1 Å². The van der Waals surface area contributed by atoms with Crippen LogP contribution in [0.4, 0.5) is 13.2 Å². The molecule has 0 aromatic heterocycles. The van der Waals surface area contributed by atoms with E-state index in [9.17, 15) is 23.4 Å². The highest BCUT2D eigenvalue weighted by atomic mass is 19.4. The second-order valence-corrected chi connectivity index (χ2v) is 7.87. The van der Waals surface area contributed by atoms with E-state index in [4.69, 9.17) is 0 Å². The molecule has 1 heterocycles. The van der Waals surface area contributed by atoms with Crippen molar-refractivity contribution in [1.29, 1.82) is 0 Å². The minimum atomic E-state index is -4.74. The van der Waals surface area contributed by atoms with E-state index < -0.39 is 12.0 Å². The summed E-state index contributed by atoms with van der Waals surface area (Å²) in [5.41, 5.74) is -0.252. The van der Waals surface area contributed by atoms with Gasteiger partial charge in [-0.2, -0.15) is 0 Å². The second-order valence-electron chi connectivity index (χ2n) is 7.87. The van der Waals surface area contributed by atoms with Crippen molar-refractivity contribution < 1.29 is 28.1 Å². The van der Waals surface area contributed by atoms with Gasteiger partial charge in [0.15, 0.2) is 0 Å². The summed E-state index contributed by atoms with van der Waals surface area (Å²) in [6.07, 6.45) is 0.554. The zero-order chi connectivity index (χ0) is 19.5. The van der Waals surface area contributed by atoms with Crippen LogP contribution in [0.3, 0.4) is 0 Å². The van der Waals surface area contributed by atoms with Gasteiger partial charge in [0, 0.05) is 25.6 Å². The summed E-state index contributed by atoms with van der Waals surface area (Å²) in [4.78, 5) is 2.20. The number of piperidine rings is 1. The van der Waals surface area contributed by atoms with E-state index in [1.807, 2.05) is 0 Å². The monoisotopic (exact) mass is 387 g/mol. The molecule has 7 heteroatoms. The lowest BCUT2D eigenvalue weighted by molar-refractivity contribution is -0.274. The molecule has 2 aliphatic rings. The molecule has 1 unspecified atom stereocenters. The lowest BCUT2D eigenvalue weighted by atomic mass is 9.72. The minimum absolute atomic E-state index is 0.251. The number of likely N-dealkylation sites (tertiary alicyclic amines) is 1. The number of hydrogen-bond acceptors (Lipinski definition) is 4. The van der Waals surface area contributed by atoms with Gasteiger partial charge < -0.3 is 19.8 Å². The molecule has 1 saturated heterocycles. The highest BCUT2D eigenvalue weighted by Crippen LogP contribution is 2.41. The first-order valence-corrected chi connectivity index (χ1v) is 9.74. The summed E-state index contributed by atoms with van der Waals surface area (Å²) in [7, 11) is 0. The standard InChI is InChI=1S/C20H28F3NO3/c21-20(22,23)27-17-6-4-5-15(13-17)18(19(26)9-2-1-3-10-19)14-24-11-7-16(25)8-12-24/h4-6,13,16,18,25-26H,1-3,7-12,14H2. The minimum Gasteiger partial charge on any atom is -0.406 e. The number of benzene rings is 1. The predicted octanol–water partition coefficient (Wildman–Crippen LogP) is 3.82. The Labute approximate surface area is 157 Å². The highest BCUT2D eigenvalue weighted by Gasteiger charge is 2.40. The smallest absolute Gasteiger partial charge is 0.406 e. The molecule has 1 aromatic carbocycles. The largest absolute Gasteiger partial charge is 0.573 e. The van der Waals surface area contributed by atoms with Crippen molar-refractivity contribution in [2.45, 2.75) is 68.9 Å². The number of rotatable bonds is 5. The average molecular weight is 387 g/mol. The molecule has 1 aliphatic carbocycles. The Morgan fingerprint density at radius 3 is 2.44 bits per heavy atom. The number of nitrogens with zero attached hydrogens (tertiary/aromatic N) is 1. The number of aliphatic hydroxyl groups excluding tert-OH is 1. The van der Waals surface area contributed by atoms with Crippen molar-refractivity contribution in [3.63, 3.8) is 0 Å². The summed E-state index contributed by atoms with van der Waals surface area (Å²) >= 11 is 0. The Balaban J connectivity index is 1.84. The molecule has 4 nitrogen and oxygen atoms in total. The van der Waals surface area contributed by atoms with Crippen LogP contribution in [0.1, 0.15) is 56.4 Å². The molecule has 0 spiro atoms.